The van der Waals surface area contributed by atoms with E-state index in [1.54, 1.807) is 0 Å². The van der Waals surface area contributed by atoms with E-state index in [4.69, 9.17) is 0 Å². The molecule has 0 radical (unpaired) electrons. The number of hydrogen-bond acceptors (Lipinski definition) is 0. The van der Waals surface area contributed by atoms with Crippen LogP contribution in [0.1, 0.15) is 0 Å². The van der Waals surface area contributed by atoms with Crippen LogP contribution in [-0.2, 0) is 0 Å². The van der Waals surface area contributed by atoms with Crippen molar-refractivity contribution in [1.82, 2.24) is 0 Å². The highest BCUT2D eigenvalue weighted by atomic mass is 14.3. The quantitative estimate of drug-likeness (QED) is 0.123. The minimum absolute atomic E-state index is 1.22. The molecule has 0 spiro atoms. The van der Waals surface area contributed by atoms with E-state index >= 15 is 0 Å². The lowest BCUT2D eigenvalue weighted by molar-refractivity contribution is 1.61. The monoisotopic (exact) mass is 852 g/mol. The highest BCUT2D eigenvalue weighted by molar-refractivity contribution is 6.47. The summed E-state index contributed by atoms with van der Waals surface area (Å²) in [5, 5.41) is 29.2. The Kier molecular flexibility index (Phi) is 6.53. The molecule has 308 valence electrons. The van der Waals surface area contributed by atoms with Gasteiger partial charge in [0.2, 0.25) is 0 Å². The molecule has 17 rings (SSSR count). The second-order valence-corrected chi connectivity index (χ2v) is 19.4. The van der Waals surface area contributed by atoms with Crippen molar-refractivity contribution in [1.29, 1.82) is 0 Å². The van der Waals surface area contributed by atoms with Gasteiger partial charge in [0, 0.05) is 0 Å². The fourth-order valence-electron chi connectivity index (χ4n) is 13.4. The van der Waals surface area contributed by atoms with E-state index in [1.165, 1.54) is 174 Å². The van der Waals surface area contributed by atoms with Gasteiger partial charge in [0.05, 0.1) is 0 Å². The normalized spacial score (nSPS) is 12.7. The van der Waals surface area contributed by atoms with Crippen molar-refractivity contribution in [3.63, 3.8) is 0 Å². The lowest BCUT2D eigenvalue weighted by Gasteiger charge is -2.18. The third-order valence-electron chi connectivity index (χ3n) is 16.2. The lowest BCUT2D eigenvalue weighted by Crippen LogP contribution is -1.90. The summed E-state index contributed by atoms with van der Waals surface area (Å²) in [6, 6.07) is 83.3. The maximum Gasteiger partial charge on any atom is -0.000740 e. The third kappa shape index (κ3) is 4.33. The van der Waals surface area contributed by atoms with E-state index < -0.39 is 0 Å². The molecule has 0 unspecified atom stereocenters. The van der Waals surface area contributed by atoms with Crippen LogP contribution in [-0.4, -0.2) is 0 Å². The molecule has 1 aliphatic rings. The van der Waals surface area contributed by atoms with Crippen molar-refractivity contribution < 1.29 is 0 Å². The predicted octanol–water partition coefficient (Wildman–Crippen LogP) is 19.3. The summed E-state index contributed by atoms with van der Waals surface area (Å²) in [4.78, 5) is 0. The fraction of sp³-hybridized carbons (Fsp3) is 0. The topological polar surface area (TPSA) is 0 Å². The number of fused-ring (bicyclic) bond motifs is 13. The Morgan fingerprint density at radius 2 is 0.574 bits per heavy atom. The summed E-state index contributed by atoms with van der Waals surface area (Å²) in [6.07, 6.45) is 0. The van der Waals surface area contributed by atoms with Crippen molar-refractivity contribution in [3.8, 4) is 55.6 Å². The summed E-state index contributed by atoms with van der Waals surface area (Å²) in [6.45, 7) is 0. The van der Waals surface area contributed by atoms with Crippen LogP contribution in [0.5, 0.6) is 0 Å². The van der Waals surface area contributed by atoms with Crippen molar-refractivity contribution >= 4 is 118 Å². The van der Waals surface area contributed by atoms with Gasteiger partial charge in [0.15, 0.2) is 0 Å². The second-order valence-electron chi connectivity index (χ2n) is 19.4. The molecular weight excluding hydrogens is 817 g/mol. The maximum atomic E-state index is 2.55. The molecule has 0 aromatic heterocycles. The lowest BCUT2D eigenvalue weighted by atomic mass is 9.85. The molecule has 68 heavy (non-hydrogen) atoms. The zero-order valence-corrected chi connectivity index (χ0v) is 36.8. The molecular formula is C68H36. The van der Waals surface area contributed by atoms with Crippen molar-refractivity contribution in [2.75, 3.05) is 0 Å². The highest BCUT2D eigenvalue weighted by Crippen LogP contribution is 2.57. The van der Waals surface area contributed by atoms with Gasteiger partial charge in [0.25, 0.3) is 0 Å². The number of benzene rings is 14. The molecule has 0 aliphatic heterocycles. The molecule has 0 heterocycles. The molecule has 0 bridgehead atoms. The SMILES string of the molecule is c1ccc(-c2cccc(-c3c4cc5c(cc4c(-c4ccccc4)c4c6ccc7c8ccc9c%10c(ccc(c%11ccc(c34)c6c7%11)c%108)-c3cc4ccccc4cc3-9)c3cccc4cccc5c43)c2)cc1. The predicted molar refractivity (Wildman–Crippen MR) is 293 cm³/mol. The van der Waals surface area contributed by atoms with Crippen molar-refractivity contribution in [3.05, 3.63) is 218 Å². The summed E-state index contributed by atoms with van der Waals surface area (Å²) in [5.41, 5.74) is 12.9. The number of hydrogen-bond donors (Lipinski definition) is 0. The summed E-state index contributed by atoms with van der Waals surface area (Å²) >= 11 is 0. The minimum atomic E-state index is 1.22. The Morgan fingerprint density at radius 1 is 0.162 bits per heavy atom. The molecule has 0 saturated carbocycles. The number of rotatable bonds is 3. The first-order valence-corrected chi connectivity index (χ1v) is 23.9. The third-order valence-corrected chi connectivity index (χ3v) is 16.2. The Balaban J connectivity index is 1.07. The van der Waals surface area contributed by atoms with Gasteiger partial charge in [-0.05, 0) is 204 Å². The first-order valence-electron chi connectivity index (χ1n) is 23.9. The first kappa shape index (κ1) is 35.4. The average Bonchev–Trinajstić information content (AvgIpc) is 4.02. The largest absolute Gasteiger partial charge is 0.0622 e. The minimum Gasteiger partial charge on any atom is -0.0622 e. The van der Waals surface area contributed by atoms with Crippen LogP contribution < -0.4 is 0 Å². The van der Waals surface area contributed by atoms with E-state index in [0.29, 0.717) is 0 Å². The van der Waals surface area contributed by atoms with Crippen molar-refractivity contribution in [2.45, 2.75) is 0 Å². The molecule has 1 aliphatic carbocycles. The van der Waals surface area contributed by atoms with Gasteiger partial charge in [-0.15, -0.1) is 0 Å². The van der Waals surface area contributed by atoms with Crippen LogP contribution in [0.2, 0.25) is 0 Å². The zero-order valence-electron chi connectivity index (χ0n) is 36.8. The van der Waals surface area contributed by atoms with Gasteiger partial charge in [-0.3, -0.25) is 0 Å². The van der Waals surface area contributed by atoms with Crippen LogP contribution >= 0.6 is 0 Å². The van der Waals surface area contributed by atoms with Gasteiger partial charge in [0.1, 0.15) is 0 Å². The van der Waals surface area contributed by atoms with Crippen molar-refractivity contribution in [2.24, 2.45) is 0 Å². The Morgan fingerprint density at radius 3 is 1.16 bits per heavy atom. The maximum absolute atomic E-state index is 2.55. The van der Waals surface area contributed by atoms with E-state index in [0.717, 1.165) is 0 Å². The summed E-state index contributed by atoms with van der Waals surface area (Å²) in [7, 11) is 0. The van der Waals surface area contributed by atoms with Crippen LogP contribution in [0, 0.1) is 0 Å². The standard InChI is InChI=1S/C68H36/c1-3-12-37(13-4-1)40-20-9-21-43(32-40)62-59-36-57-45-23-11-19-38-18-10-22-44(60(38)45)56(57)35-58(59)61(39-14-5-2-6-15-39)67-52-30-28-48-46-24-26-50-54-33-41-16-7-8-17-42(41)34-55(54)51-27-25-47(63(46)65(50)51)49-29-31-53(68(62)67)66(52)64(48)49/h1-36H. The van der Waals surface area contributed by atoms with Crippen LogP contribution in [0.3, 0.4) is 0 Å². The fourth-order valence-corrected chi connectivity index (χ4v) is 13.4. The van der Waals surface area contributed by atoms with Gasteiger partial charge < -0.3 is 0 Å². The second kappa shape index (κ2) is 12.5. The summed E-state index contributed by atoms with van der Waals surface area (Å²) < 4.78 is 0. The van der Waals surface area contributed by atoms with Gasteiger partial charge in [-0.2, -0.15) is 0 Å². The molecule has 16 aromatic carbocycles. The molecule has 0 fully saturated rings. The van der Waals surface area contributed by atoms with E-state index in [2.05, 4.69) is 218 Å². The van der Waals surface area contributed by atoms with Gasteiger partial charge >= 0.3 is 0 Å². The highest BCUT2D eigenvalue weighted by Gasteiger charge is 2.29. The molecule has 0 atom stereocenters. The first-order chi connectivity index (χ1) is 33.7. The molecule has 16 aromatic rings. The Hall–Kier alpha value is -8.84. The van der Waals surface area contributed by atoms with Gasteiger partial charge in [-0.1, -0.05) is 188 Å². The zero-order chi connectivity index (χ0) is 43.9. The smallest absolute Gasteiger partial charge is 0.000740 e. The van der Waals surface area contributed by atoms with E-state index in [9.17, 15) is 0 Å². The Bertz CT molecular complexity index is 4760. The van der Waals surface area contributed by atoms with Crippen LogP contribution in [0.25, 0.3) is 174 Å². The van der Waals surface area contributed by atoms with Crippen LogP contribution in [0.15, 0.2) is 218 Å². The van der Waals surface area contributed by atoms with Crippen LogP contribution in [0.4, 0.5) is 0 Å². The average molecular weight is 853 g/mol. The van der Waals surface area contributed by atoms with E-state index in [1.807, 2.05) is 0 Å². The summed E-state index contributed by atoms with van der Waals surface area (Å²) in [5.74, 6) is 0. The van der Waals surface area contributed by atoms with E-state index in [-0.39, 0.29) is 0 Å². The molecule has 0 N–H and O–H groups in total. The van der Waals surface area contributed by atoms with Gasteiger partial charge in [-0.25, -0.2) is 0 Å². The molecule has 0 amide bonds. The Labute approximate surface area is 390 Å². The molecule has 0 saturated heterocycles. The molecule has 0 nitrogen and oxygen atoms in total. The molecule has 0 heteroatoms.